The zero-order chi connectivity index (χ0) is 27.0. The molecule has 3 amide bonds. The van der Waals surface area contributed by atoms with Gasteiger partial charge >= 0.3 is 18.4 Å². The summed E-state index contributed by atoms with van der Waals surface area (Å²) < 4.78 is 79.6. The second-order valence-corrected chi connectivity index (χ2v) is 9.88. The maximum atomic E-state index is 13.1. The van der Waals surface area contributed by atoms with E-state index in [9.17, 15) is 35.9 Å². The Bertz CT molecular complexity index is 1300. The maximum absolute atomic E-state index is 13.1. The summed E-state index contributed by atoms with van der Waals surface area (Å²) in [5.41, 5.74) is -3.06. The molecule has 0 bridgehead atoms. The first-order chi connectivity index (χ1) is 17.3. The highest BCUT2D eigenvalue weighted by Gasteiger charge is 2.38. The van der Waals surface area contributed by atoms with Gasteiger partial charge in [0.1, 0.15) is 11.0 Å². The fourth-order valence-corrected chi connectivity index (χ4v) is 4.85. The Morgan fingerprint density at radius 3 is 2.27 bits per heavy atom. The van der Waals surface area contributed by atoms with Crippen molar-refractivity contribution in [2.24, 2.45) is 0 Å². The lowest BCUT2D eigenvalue weighted by Crippen LogP contribution is -2.45. The van der Waals surface area contributed by atoms with Crippen molar-refractivity contribution in [3.63, 3.8) is 0 Å². The number of urea groups is 1. The van der Waals surface area contributed by atoms with Crippen LogP contribution < -0.4 is 10.6 Å². The Balaban J connectivity index is 1.48. The number of halogens is 7. The normalized spacial score (nSPS) is 16.1. The van der Waals surface area contributed by atoms with Gasteiger partial charge in [-0.25, -0.2) is 4.79 Å². The third kappa shape index (κ3) is 6.39. The lowest BCUT2D eigenvalue weighted by Gasteiger charge is -2.24. The summed E-state index contributed by atoms with van der Waals surface area (Å²) in [6, 6.07) is 6.01. The summed E-state index contributed by atoms with van der Waals surface area (Å²) >= 11 is 4.45. The van der Waals surface area contributed by atoms with Gasteiger partial charge in [-0.05, 0) is 43.2 Å². The zero-order valence-electron chi connectivity index (χ0n) is 18.5. The maximum Gasteiger partial charge on any atom is 0.416 e. The number of nitrogens with zero attached hydrogens (tertiary/aromatic N) is 3. The van der Waals surface area contributed by atoms with Gasteiger partial charge in [0.25, 0.3) is 0 Å². The summed E-state index contributed by atoms with van der Waals surface area (Å²) in [7, 11) is 0. The summed E-state index contributed by atoms with van der Waals surface area (Å²) in [5, 5.41) is 13.3. The van der Waals surface area contributed by atoms with Crippen LogP contribution in [0.3, 0.4) is 0 Å². The number of alkyl halides is 6. The molecule has 15 heteroatoms. The topological polar surface area (TPSA) is 87.2 Å². The smallest absolute Gasteiger partial charge is 0.312 e. The van der Waals surface area contributed by atoms with E-state index in [0.717, 1.165) is 26.3 Å². The van der Waals surface area contributed by atoms with Crippen molar-refractivity contribution in [1.29, 1.82) is 0 Å². The molecular weight excluding hydrogens is 592 g/mol. The van der Waals surface area contributed by atoms with Gasteiger partial charge in [-0.1, -0.05) is 39.4 Å². The molecule has 0 aliphatic carbocycles. The van der Waals surface area contributed by atoms with Gasteiger partial charge in [-0.3, -0.25) is 10.1 Å². The number of carbonyl (C=O) groups excluding carboxylic acids is 2. The Kier molecular flexibility index (Phi) is 7.46. The highest BCUT2D eigenvalue weighted by molar-refractivity contribution is 9.10. The molecule has 196 valence electrons. The zero-order valence-corrected chi connectivity index (χ0v) is 20.9. The number of likely N-dealkylation sites (tertiary alicyclic amines) is 1. The van der Waals surface area contributed by atoms with Crippen LogP contribution >= 0.6 is 27.3 Å². The van der Waals surface area contributed by atoms with Crippen molar-refractivity contribution in [3.8, 4) is 10.6 Å². The van der Waals surface area contributed by atoms with E-state index in [2.05, 4.69) is 36.8 Å². The molecule has 1 saturated heterocycles. The van der Waals surface area contributed by atoms with Crippen LogP contribution in [0.2, 0.25) is 0 Å². The fourth-order valence-electron chi connectivity index (χ4n) is 3.71. The summed E-state index contributed by atoms with van der Waals surface area (Å²) in [5.74, 6) is -0.607. The average Bonchev–Trinajstić information content (AvgIpc) is 3.48. The molecule has 3 aromatic rings. The van der Waals surface area contributed by atoms with E-state index in [-0.39, 0.29) is 24.2 Å². The number of hydrogen-bond donors (Lipinski definition) is 2. The summed E-state index contributed by atoms with van der Waals surface area (Å²) in [4.78, 5) is 26.7. The van der Waals surface area contributed by atoms with Gasteiger partial charge in [0.05, 0.1) is 11.1 Å². The van der Waals surface area contributed by atoms with Crippen LogP contribution in [0.4, 0.5) is 42.0 Å². The van der Waals surface area contributed by atoms with Gasteiger partial charge in [-0.2, -0.15) is 26.3 Å². The fraction of sp³-hybridized carbons (Fsp3) is 0.273. The average molecular weight is 608 g/mol. The molecule has 0 radical (unpaired) electrons. The molecule has 1 aliphatic rings. The molecule has 1 aliphatic heterocycles. The molecule has 4 rings (SSSR count). The number of hydrogen-bond acceptors (Lipinski definition) is 5. The van der Waals surface area contributed by atoms with Gasteiger partial charge < -0.3 is 10.2 Å². The Labute approximate surface area is 218 Å². The third-order valence-electron chi connectivity index (χ3n) is 5.38. The molecule has 2 heterocycles. The second-order valence-electron chi connectivity index (χ2n) is 7.99. The van der Waals surface area contributed by atoms with Crippen LogP contribution in [-0.2, 0) is 17.1 Å². The predicted molar refractivity (Wildman–Crippen MR) is 127 cm³/mol. The number of anilines is 2. The van der Waals surface area contributed by atoms with E-state index in [1.165, 1.54) is 0 Å². The van der Waals surface area contributed by atoms with Crippen LogP contribution in [0, 0.1) is 0 Å². The quantitative estimate of drug-likeness (QED) is 0.326. The molecule has 0 spiro atoms. The van der Waals surface area contributed by atoms with Crippen molar-refractivity contribution < 1.29 is 35.9 Å². The van der Waals surface area contributed by atoms with Crippen LogP contribution in [0.5, 0.6) is 0 Å². The largest absolute Gasteiger partial charge is 0.416 e. The first kappa shape index (κ1) is 26.9. The Hall–Kier alpha value is -3.20. The molecular formula is C22H16BrF6N5O2S. The molecule has 37 heavy (non-hydrogen) atoms. The third-order valence-corrected chi connectivity index (χ3v) is 6.76. The van der Waals surface area contributed by atoms with E-state index in [0.29, 0.717) is 23.6 Å². The van der Waals surface area contributed by atoms with Crippen molar-refractivity contribution in [3.05, 3.63) is 58.1 Å². The molecule has 1 fully saturated rings. The standard InChI is InChI=1S/C22H16BrF6N5O2S/c23-14-4-1-3-11(7-14)18-32-33-19(37-18)31-17(35)16-5-2-6-34(16)20(36)30-15-9-12(21(24,25)26)8-13(10-15)22(27,28)29/h1,3-4,7-10,16H,2,5-6H2,(H,30,36)(H,31,33,35). The van der Waals surface area contributed by atoms with Gasteiger partial charge in [0.15, 0.2) is 0 Å². The van der Waals surface area contributed by atoms with E-state index >= 15 is 0 Å². The Morgan fingerprint density at radius 2 is 1.65 bits per heavy atom. The molecule has 2 aromatic carbocycles. The van der Waals surface area contributed by atoms with E-state index in [4.69, 9.17) is 0 Å². The van der Waals surface area contributed by atoms with Crippen molar-refractivity contribution in [2.45, 2.75) is 31.2 Å². The van der Waals surface area contributed by atoms with E-state index in [1.807, 2.05) is 12.1 Å². The lowest BCUT2D eigenvalue weighted by molar-refractivity contribution is -0.143. The number of aromatic nitrogens is 2. The number of amides is 3. The van der Waals surface area contributed by atoms with Crippen molar-refractivity contribution in [1.82, 2.24) is 15.1 Å². The highest BCUT2D eigenvalue weighted by atomic mass is 79.9. The van der Waals surface area contributed by atoms with Crippen LogP contribution in [-0.4, -0.2) is 39.6 Å². The van der Waals surface area contributed by atoms with Crippen LogP contribution in [0.15, 0.2) is 46.9 Å². The molecule has 1 unspecified atom stereocenters. The number of benzene rings is 2. The van der Waals surface area contributed by atoms with E-state index < -0.39 is 47.1 Å². The molecule has 7 nitrogen and oxygen atoms in total. The van der Waals surface area contributed by atoms with Crippen LogP contribution in [0.25, 0.3) is 10.6 Å². The number of carbonyl (C=O) groups is 2. The lowest BCUT2D eigenvalue weighted by atomic mass is 10.1. The van der Waals surface area contributed by atoms with E-state index in [1.54, 1.807) is 12.1 Å². The molecule has 2 N–H and O–H groups in total. The predicted octanol–water partition coefficient (Wildman–Crippen LogP) is 6.64. The Morgan fingerprint density at radius 1 is 0.973 bits per heavy atom. The van der Waals surface area contributed by atoms with Gasteiger partial charge in [0.2, 0.25) is 11.0 Å². The summed E-state index contributed by atoms with van der Waals surface area (Å²) in [6.45, 7) is 0.0778. The summed E-state index contributed by atoms with van der Waals surface area (Å²) in [6.07, 6.45) is -9.48. The van der Waals surface area contributed by atoms with Crippen molar-refractivity contribution >= 4 is 50.0 Å². The highest BCUT2D eigenvalue weighted by Crippen LogP contribution is 2.38. The molecule has 1 atom stereocenters. The number of nitrogens with one attached hydrogen (secondary N) is 2. The van der Waals surface area contributed by atoms with Crippen molar-refractivity contribution in [2.75, 3.05) is 17.2 Å². The minimum Gasteiger partial charge on any atom is -0.312 e. The SMILES string of the molecule is O=C(Nc1nnc(-c2cccc(Br)c2)s1)C1CCCN1C(=O)Nc1cc(C(F)(F)F)cc(C(F)(F)F)c1. The first-order valence-electron chi connectivity index (χ1n) is 10.6. The monoisotopic (exact) mass is 607 g/mol. The van der Waals surface area contributed by atoms with Gasteiger partial charge in [-0.15, -0.1) is 10.2 Å². The van der Waals surface area contributed by atoms with Crippen LogP contribution in [0.1, 0.15) is 24.0 Å². The van der Waals surface area contributed by atoms with Gasteiger partial charge in [0, 0.05) is 22.3 Å². The number of rotatable bonds is 4. The molecule has 1 aromatic heterocycles. The first-order valence-corrected chi connectivity index (χ1v) is 12.2. The second kappa shape index (κ2) is 10.3. The minimum absolute atomic E-state index is 0.0355. The molecule has 0 saturated carbocycles. The minimum atomic E-state index is -5.06.